The number of rotatable bonds is 2. The third-order valence-electron chi connectivity index (χ3n) is 1.73. The molecule has 1 aliphatic heterocycles. The first-order valence-electron chi connectivity index (χ1n) is 3.89. The van der Waals surface area contributed by atoms with E-state index in [1.165, 1.54) is 0 Å². The van der Waals surface area contributed by atoms with Crippen molar-refractivity contribution in [2.45, 2.75) is 5.50 Å². The van der Waals surface area contributed by atoms with Crippen LogP contribution in [0.4, 0.5) is 5.69 Å². The Morgan fingerprint density at radius 2 is 2.08 bits per heavy atom. The summed E-state index contributed by atoms with van der Waals surface area (Å²) < 4.78 is 1.80. The van der Waals surface area contributed by atoms with Gasteiger partial charge in [-0.25, -0.2) is 0 Å². The van der Waals surface area contributed by atoms with Crippen LogP contribution in [0.25, 0.3) is 0 Å². The van der Waals surface area contributed by atoms with Gasteiger partial charge < -0.3 is 0 Å². The molecule has 5 heteroatoms. The molecule has 0 radical (unpaired) electrons. The van der Waals surface area contributed by atoms with Crippen LogP contribution in [0.1, 0.15) is 0 Å². The molecule has 2 rings (SSSR count). The van der Waals surface area contributed by atoms with Crippen LogP contribution in [-0.4, -0.2) is 16.5 Å². The average Bonchev–Trinajstić information content (AvgIpc) is 2.67. The maximum absolute atomic E-state index is 3.96. The van der Waals surface area contributed by atoms with Gasteiger partial charge in [0.05, 0.1) is 0 Å². The van der Waals surface area contributed by atoms with Crippen molar-refractivity contribution in [3.8, 4) is 0 Å². The summed E-state index contributed by atoms with van der Waals surface area (Å²) in [5.74, 6) is 0. The van der Waals surface area contributed by atoms with Crippen molar-refractivity contribution in [3.63, 3.8) is 0 Å². The van der Waals surface area contributed by atoms with Gasteiger partial charge in [-0.1, -0.05) is 34.7 Å². The van der Waals surface area contributed by atoms with Crippen LogP contribution < -0.4 is 0 Å². The molecule has 1 unspecified atom stereocenters. The number of hydrogen-bond acceptors (Lipinski definition) is 4. The van der Waals surface area contributed by atoms with E-state index in [-0.39, 0.29) is 5.50 Å². The van der Waals surface area contributed by atoms with E-state index in [0.29, 0.717) is 0 Å². The minimum absolute atomic E-state index is 0.0117. The van der Waals surface area contributed by atoms with Crippen LogP contribution in [0.5, 0.6) is 0 Å². The smallest absolute Gasteiger partial charge is 0.0900 e. The molecule has 1 aromatic rings. The molecule has 1 aliphatic rings. The van der Waals surface area contributed by atoms with Gasteiger partial charge in [0.25, 0.3) is 0 Å². The number of benzene rings is 1. The summed E-state index contributed by atoms with van der Waals surface area (Å²) in [6.45, 7) is 0. The summed E-state index contributed by atoms with van der Waals surface area (Å²) in [5, 5.41) is 11.5. The fourth-order valence-electron chi connectivity index (χ4n) is 1.11. The molecular formula is C8H9N4S+. The fraction of sp³-hybridized carbons (Fsp3) is 0.250. The van der Waals surface area contributed by atoms with Gasteiger partial charge >= 0.3 is 5.50 Å². The molecule has 0 aromatic heterocycles. The normalized spacial score (nSPS) is 20.4. The summed E-state index contributed by atoms with van der Waals surface area (Å²) >= 11 is 1.61. The van der Waals surface area contributed by atoms with Crippen LogP contribution in [0.3, 0.4) is 0 Å². The lowest BCUT2D eigenvalue weighted by molar-refractivity contribution is -0.515. The molecule has 1 heterocycles. The highest BCUT2D eigenvalue weighted by Gasteiger charge is 2.26. The predicted molar refractivity (Wildman–Crippen MR) is 50.9 cm³/mol. The van der Waals surface area contributed by atoms with E-state index in [9.17, 15) is 0 Å². The van der Waals surface area contributed by atoms with Gasteiger partial charge in [-0.05, 0) is 18.4 Å². The van der Waals surface area contributed by atoms with Crippen molar-refractivity contribution in [2.24, 2.45) is 15.6 Å². The first-order chi connectivity index (χ1) is 6.42. The van der Waals surface area contributed by atoms with Crippen LogP contribution in [0, 0.1) is 0 Å². The second-order valence-corrected chi connectivity index (χ2v) is 3.43. The maximum Gasteiger partial charge on any atom is 0.304 e. The first-order valence-corrected chi connectivity index (χ1v) is 5.18. The van der Waals surface area contributed by atoms with Crippen LogP contribution in [0.15, 0.2) is 45.9 Å². The van der Waals surface area contributed by atoms with Gasteiger partial charge in [0.1, 0.15) is 0 Å². The molecule has 66 valence electrons. The maximum atomic E-state index is 3.96. The molecule has 0 saturated carbocycles. The molecule has 0 fully saturated rings. The Balaban J connectivity index is 2.29. The zero-order chi connectivity index (χ0) is 9.10. The number of nitrogens with zero attached hydrogens (tertiary/aromatic N) is 4. The van der Waals surface area contributed by atoms with Gasteiger partial charge in [-0.15, -0.1) is 0 Å². The molecule has 1 atom stereocenters. The SMILES string of the molecule is CSC1N=NN=[N+]1c1ccccc1. The Hall–Kier alpha value is -1.23. The highest BCUT2D eigenvalue weighted by Crippen LogP contribution is 2.24. The van der Waals surface area contributed by atoms with Crippen molar-refractivity contribution >= 4 is 17.4 Å². The van der Waals surface area contributed by atoms with E-state index >= 15 is 0 Å². The van der Waals surface area contributed by atoms with E-state index in [0.717, 1.165) is 5.69 Å². The van der Waals surface area contributed by atoms with Crippen molar-refractivity contribution in [3.05, 3.63) is 30.3 Å². The largest absolute Gasteiger partial charge is 0.304 e. The molecule has 0 aliphatic carbocycles. The number of hydrogen-bond donors (Lipinski definition) is 0. The van der Waals surface area contributed by atoms with Gasteiger partial charge in [-0.3, -0.25) is 0 Å². The molecular weight excluding hydrogens is 184 g/mol. The number of thioether (sulfide) groups is 1. The van der Waals surface area contributed by atoms with Gasteiger partial charge in [0, 0.05) is 5.11 Å². The van der Waals surface area contributed by atoms with E-state index in [4.69, 9.17) is 0 Å². The third-order valence-corrected chi connectivity index (χ3v) is 2.44. The highest BCUT2D eigenvalue weighted by molar-refractivity contribution is 7.99. The molecule has 13 heavy (non-hydrogen) atoms. The Labute approximate surface area is 80.4 Å². The van der Waals surface area contributed by atoms with Crippen molar-refractivity contribution in [1.29, 1.82) is 0 Å². The topological polar surface area (TPSA) is 40.1 Å². The van der Waals surface area contributed by atoms with Crippen molar-refractivity contribution < 1.29 is 4.70 Å². The van der Waals surface area contributed by atoms with Crippen LogP contribution >= 0.6 is 11.8 Å². The second kappa shape index (κ2) is 3.66. The predicted octanol–water partition coefficient (Wildman–Crippen LogP) is 2.81. The highest BCUT2D eigenvalue weighted by atomic mass is 32.2. The second-order valence-electron chi connectivity index (χ2n) is 2.54. The summed E-state index contributed by atoms with van der Waals surface area (Å²) in [4.78, 5) is 0. The monoisotopic (exact) mass is 193 g/mol. The minimum atomic E-state index is -0.0117. The van der Waals surface area contributed by atoms with Gasteiger partial charge in [-0.2, -0.15) is 0 Å². The van der Waals surface area contributed by atoms with Crippen molar-refractivity contribution in [2.75, 3.05) is 6.26 Å². The third kappa shape index (κ3) is 1.60. The van der Waals surface area contributed by atoms with Gasteiger partial charge in [0.15, 0.2) is 10.9 Å². The molecule has 0 saturated heterocycles. The van der Waals surface area contributed by atoms with Gasteiger partial charge in [0.2, 0.25) is 5.22 Å². The minimum Gasteiger partial charge on any atom is -0.0900 e. The Bertz CT molecular complexity index is 346. The Kier molecular flexibility index (Phi) is 2.35. The standard InChI is InChI=1S/C8H9N4S/c1-13-8-9-10-11-12(8)7-5-3-2-4-6-7/h2-6,8H,1H3/q+1. The lowest BCUT2D eigenvalue weighted by Crippen LogP contribution is -2.10. The molecule has 0 amide bonds. The molecule has 1 aromatic carbocycles. The van der Waals surface area contributed by atoms with E-state index in [1.807, 2.05) is 36.6 Å². The quantitative estimate of drug-likeness (QED) is 0.666. The lowest BCUT2D eigenvalue weighted by Gasteiger charge is -2.01. The van der Waals surface area contributed by atoms with Crippen molar-refractivity contribution in [1.82, 2.24) is 0 Å². The average molecular weight is 193 g/mol. The first kappa shape index (κ1) is 8.37. The lowest BCUT2D eigenvalue weighted by atomic mass is 10.3. The number of para-hydroxylation sites is 1. The zero-order valence-electron chi connectivity index (χ0n) is 7.16. The Morgan fingerprint density at radius 1 is 1.31 bits per heavy atom. The molecule has 0 N–H and O–H groups in total. The Morgan fingerprint density at radius 3 is 2.77 bits per heavy atom. The zero-order valence-corrected chi connectivity index (χ0v) is 7.98. The van der Waals surface area contributed by atoms with E-state index < -0.39 is 0 Å². The summed E-state index contributed by atoms with van der Waals surface area (Å²) in [6, 6.07) is 9.90. The molecule has 0 bridgehead atoms. The van der Waals surface area contributed by atoms with E-state index in [1.54, 1.807) is 16.5 Å². The summed E-state index contributed by atoms with van der Waals surface area (Å²) in [5.41, 5.74) is 1.01. The molecule has 4 nitrogen and oxygen atoms in total. The fourth-order valence-corrected chi connectivity index (χ4v) is 1.61. The van der Waals surface area contributed by atoms with Crippen LogP contribution in [-0.2, 0) is 0 Å². The summed E-state index contributed by atoms with van der Waals surface area (Å²) in [6.07, 6.45) is 1.99. The van der Waals surface area contributed by atoms with E-state index in [2.05, 4.69) is 15.6 Å². The van der Waals surface area contributed by atoms with Crippen LogP contribution in [0.2, 0.25) is 0 Å². The summed E-state index contributed by atoms with van der Waals surface area (Å²) in [7, 11) is 0. The molecule has 0 spiro atoms.